The smallest absolute Gasteiger partial charge is 0.413 e. The number of carbonyl (C=O) groups excluding carboxylic acids is 3. The third-order valence-electron chi connectivity index (χ3n) is 11.1. The maximum Gasteiger partial charge on any atom is 0.413 e. The van der Waals surface area contributed by atoms with Crippen LogP contribution in [0.5, 0.6) is 11.5 Å². The van der Waals surface area contributed by atoms with Gasteiger partial charge in [0.15, 0.2) is 5.78 Å². The van der Waals surface area contributed by atoms with Crippen molar-refractivity contribution in [2.24, 2.45) is 5.92 Å². The van der Waals surface area contributed by atoms with Crippen molar-refractivity contribution >= 4 is 28.7 Å². The maximum atomic E-state index is 15.0. The van der Waals surface area contributed by atoms with Crippen LogP contribution in [0.2, 0.25) is 0 Å². The van der Waals surface area contributed by atoms with Crippen molar-refractivity contribution in [3.8, 4) is 11.5 Å². The first kappa shape index (κ1) is 30.7. The second kappa shape index (κ2) is 11.0. The van der Waals surface area contributed by atoms with Gasteiger partial charge < -0.3 is 29.4 Å². The van der Waals surface area contributed by atoms with Crippen LogP contribution in [0.15, 0.2) is 72.8 Å². The minimum atomic E-state index is -1.28. The summed E-state index contributed by atoms with van der Waals surface area (Å²) >= 11 is 0. The number of aromatic amines is 1. The van der Waals surface area contributed by atoms with E-state index in [9.17, 15) is 14.4 Å². The van der Waals surface area contributed by atoms with Gasteiger partial charge in [-0.15, -0.1) is 0 Å². The van der Waals surface area contributed by atoms with Crippen molar-refractivity contribution in [3.63, 3.8) is 0 Å². The van der Waals surface area contributed by atoms with Crippen LogP contribution in [0.4, 0.5) is 4.79 Å². The number of hydrogen-bond acceptors (Lipinski definition) is 6. The van der Waals surface area contributed by atoms with E-state index in [1.54, 1.807) is 24.3 Å². The molecule has 2 N–H and O–H groups in total. The fourth-order valence-electron chi connectivity index (χ4n) is 8.93. The van der Waals surface area contributed by atoms with Gasteiger partial charge in [0.1, 0.15) is 22.6 Å². The van der Waals surface area contributed by atoms with Gasteiger partial charge in [-0.1, -0.05) is 62.4 Å². The average Bonchev–Trinajstić information content (AvgIpc) is 3.63. The van der Waals surface area contributed by atoms with Gasteiger partial charge in [0.2, 0.25) is 5.91 Å². The monoisotopic (exact) mass is 647 g/mol. The van der Waals surface area contributed by atoms with E-state index in [2.05, 4.69) is 24.1 Å². The fourth-order valence-corrected chi connectivity index (χ4v) is 8.93. The number of ether oxygens (including phenoxy) is 3. The minimum Gasteiger partial charge on any atom is -0.487 e. The van der Waals surface area contributed by atoms with E-state index >= 15 is 0 Å². The number of ketones is 1. The number of benzene rings is 3. The predicted octanol–water partition coefficient (Wildman–Crippen LogP) is 6.48. The van der Waals surface area contributed by atoms with Crippen molar-refractivity contribution in [1.82, 2.24) is 15.2 Å². The highest BCUT2D eigenvalue weighted by Crippen LogP contribution is 2.55. The topological polar surface area (TPSA) is 110 Å². The fraction of sp³-hybridized carbons (Fsp3) is 0.410. The van der Waals surface area contributed by atoms with Crippen molar-refractivity contribution in [1.29, 1.82) is 0 Å². The molecule has 3 aromatic carbocycles. The molecule has 0 spiro atoms. The molecule has 4 heterocycles. The Hall–Kier alpha value is -4.63. The number of aromatic nitrogens is 1. The zero-order chi connectivity index (χ0) is 33.4. The van der Waals surface area contributed by atoms with Crippen LogP contribution in [0.25, 0.3) is 10.9 Å². The minimum absolute atomic E-state index is 0.0232. The molecule has 4 aliphatic rings. The number of nitrogens with zero attached hydrogens (tertiary/aromatic N) is 1. The Bertz CT molecular complexity index is 1930. The SMILES string of the molecule is CC1(C)CC(=O)c2c(ccc3c4c([nH]c23)C(C)(C)[C@@H]2C[C@H]3[C@@H](OCc5ccccc5)CCN3C(=O)[C@]2(NC(=O)Oc2ccccc2)C4)O1. The Morgan fingerprint density at radius 2 is 1.71 bits per heavy atom. The molecule has 2 fully saturated rings. The molecule has 2 saturated heterocycles. The molecule has 8 rings (SSSR count). The Balaban J connectivity index is 1.21. The Kier molecular flexibility index (Phi) is 7.00. The molecule has 48 heavy (non-hydrogen) atoms. The van der Waals surface area contributed by atoms with E-state index in [1.807, 2.05) is 67.3 Å². The number of Topliss-reactive ketones (excluding diaryl/α,β-unsaturated/α-hetero) is 1. The van der Waals surface area contributed by atoms with E-state index in [-0.39, 0.29) is 42.6 Å². The zero-order valence-electron chi connectivity index (χ0n) is 27.8. The zero-order valence-corrected chi connectivity index (χ0v) is 27.8. The molecule has 0 radical (unpaired) electrons. The number of fused-ring (bicyclic) bond motifs is 7. The van der Waals surface area contributed by atoms with Crippen LogP contribution in [0.1, 0.15) is 74.1 Å². The van der Waals surface area contributed by atoms with E-state index in [1.165, 1.54) is 0 Å². The van der Waals surface area contributed by atoms with Gasteiger partial charge in [-0.05, 0) is 62.1 Å². The molecule has 0 saturated carbocycles. The van der Waals surface area contributed by atoms with E-state index in [0.717, 1.165) is 34.1 Å². The molecule has 9 heteroatoms. The molecule has 248 valence electrons. The molecule has 2 amide bonds. The Labute approximate surface area is 279 Å². The van der Waals surface area contributed by atoms with Crippen LogP contribution in [-0.2, 0) is 28.0 Å². The molecule has 4 aromatic rings. The van der Waals surface area contributed by atoms with Gasteiger partial charge in [0.05, 0.1) is 36.3 Å². The summed E-state index contributed by atoms with van der Waals surface area (Å²) in [5.74, 6) is 0.564. The number of rotatable bonds is 5. The Morgan fingerprint density at radius 3 is 2.46 bits per heavy atom. The molecular weight excluding hydrogens is 606 g/mol. The molecule has 1 aromatic heterocycles. The third-order valence-corrected chi connectivity index (χ3v) is 11.1. The largest absolute Gasteiger partial charge is 0.487 e. The summed E-state index contributed by atoms with van der Waals surface area (Å²) in [4.78, 5) is 47.9. The number of nitrogens with one attached hydrogen (secondary N) is 2. The number of amides is 2. The number of carbonyl (C=O) groups is 3. The van der Waals surface area contributed by atoms with Gasteiger partial charge in [0.25, 0.3) is 0 Å². The van der Waals surface area contributed by atoms with Gasteiger partial charge >= 0.3 is 6.09 Å². The maximum absolute atomic E-state index is 15.0. The number of para-hydroxylation sites is 1. The quantitative estimate of drug-likeness (QED) is 0.257. The van der Waals surface area contributed by atoms with Crippen molar-refractivity contribution in [3.05, 3.63) is 95.2 Å². The van der Waals surface area contributed by atoms with Crippen LogP contribution in [-0.4, -0.2) is 57.5 Å². The summed E-state index contributed by atoms with van der Waals surface area (Å²) in [7, 11) is 0. The summed E-state index contributed by atoms with van der Waals surface area (Å²) < 4.78 is 18.5. The highest BCUT2D eigenvalue weighted by Gasteiger charge is 2.64. The number of H-pyrrole nitrogens is 1. The summed E-state index contributed by atoms with van der Waals surface area (Å²) in [5.41, 5.74) is 1.78. The number of piperidine rings is 1. The lowest BCUT2D eigenvalue weighted by Gasteiger charge is -2.56. The van der Waals surface area contributed by atoms with Gasteiger partial charge in [-0.25, -0.2) is 4.79 Å². The lowest BCUT2D eigenvalue weighted by atomic mass is 9.55. The average molecular weight is 648 g/mol. The summed E-state index contributed by atoms with van der Waals surface area (Å²) in [6.07, 6.45) is 1.08. The molecule has 1 aliphatic carbocycles. The lowest BCUT2D eigenvalue weighted by Crippen LogP contribution is -2.74. The third kappa shape index (κ3) is 4.81. The van der Waals surface area contributed by atoms with Gasteiger partial charge in [-0.3, -0.25) is 9.59 Å². The van der Waals surface area contributed by atoms with Crippen LogP contribution in [0, 0.1) is 5.92 Å². The summed E-state index contributed by atoms with van der Waals surface area (Å²) in [6.45, 7) is 9.12. The molecule has 9 nitrogen and oxygen atoms in total. The first-order valence-corrected chi connectivity index (χ1v) is 16.9. The second-order valence-corrected chi connectivity index (χ2v) is 15.0. The standard InChI is InChI=1S/C39H41N3O6/c1-37(2)21-28(43)32-30(48-37)16-15-25-26-20-39(41-36(45)47-24-13-9-6-10-14-24)31(38(3,4)34(26)40-33(25)32)19-27-29(17-18-42(27)35(39)44)46-22-23-11-7-5-8-12-23/h5-16,27,29,31,40H,17-22H2,1-4H3,(H,41,45)/t27-,29-,31-,39-/m0/s1. The van der Waals surface area contributed by atoms with Crippen LogP contribution < -0.4 is 14.8 Å². The normalized spacial score (nSPS) is 26.6. The highest BCUT2D eigenvalue weighted by molar-refractivity contribution is 6.11. The van der Waals surface area contributed by atoms with E-state index in [4.69, 9.17) is 14.2 Å². The van der Waals surface area contributed by atoms with Gasteiger partial charge in [-0.2, -0.15) is 0 Å². The van der Waals surface area contributed by atoms with E-state index < -0.39 is 22.6 Å². The first-order valence-electron chi connectivity index (χ1n) is 16.9. The van der Waals surface area contributed by atoms with Crippen LogP contribution in [0.3, 0.4) is 0 Å². The van der Waals surface area contributed by atoms with Crippen molar-refractivity contribution in [2.75, 3.05) is 6.54 Å². The molecule has 4 atom stereocenters. The summed E-state index contributed by atoms with van der Waals surface area (Å²) in [5, 5.41) is 4.02. The first-order chi connectivity index (χ1) is 23.0. The molecular formula is C39H41N3O6. The predicted molar refractivity (Wildman–Crippen MR) is 180 cm³/mol. The molecule has 0 unspecified atom stereocenters. The molecule has 0 bridgehead atoms. The summed E-state index contributed by atoms with van der Waals surface area (Å²) in [6, 6.07) is 22.7. The van der Waals surface area contributed by atoms with Crippen molar-refractivity contribution < 1.29 is 28.6 Å². The van der Waals surface area contributed by atoms with Gasteiger partial charge in [0, 0.05) is 35.4 Å². The Morgan fingerprint density at radius 1 is 0.979 bits per heavy atom. The lowest BCUT2D eigenvalue weighted by molar-refractivity contribution is -0.153. The van der Waals surface area contributed by atoms with Crippen molar-refractivity contribution in [2.45, 2.75) is 88.7 Å². The van der Waals surface area contributed by atoms with Crippen LogP contribution >= 0.6 is 0 Å². The second-order valence-electron chi connectivity index (χ2n) is 15.0. The van der Waals surface area contributed by atoms with E-state index in [0.29, 0.717) is 36.6 Å². The molecule has 3 aliphatic heterocycles. The highest BCUT2D eigenvalue weighted by atomic mass is 16.6. The number of hydrogen-bond donors (Lipinski definition) is 2.